The molecule has 2 aromatic carbocycles. The second kappa shape index (κ2) is 13.0. The van der Waals surface area contributed by atoms with Gasteiger partial charge in [0.2, 0.25) is 0 Å². The second-order valence-electron chi connectivity index (χ2n) is 13.3. The molecule has 1 aliphatic carbocycles. The molecule has 0 bridgehead atoms. The predicted octanol–water partition coefficient (Wildman–Crippen LogP) is 4.82. The summed E-state index contributed by atoms with van der Waals surface area (Å²) in [6.07, 6.45) is 5.32. The van der Waals surface area contributed by atoms with Crippen molar-refractivity contribution >= 4 is 22.9 Å². The largest absolute Gasteiger partial charge is 0.453 e. The van der Waals surface area contributed by atoms with E-state index in [1.807, 2.05) is 11.0 Å². The highest BCUT2D eigenvalue weighted by atomic mass is 32.2. The van der Waals surface area contributed by atoms with E-state index in [1.54, 1.807) is 30.3 Å². The number of carbonyl (C=O) groups excluding carboxylic acids is 1. The molecule has 6 rings (SSSR count). The average molecular weight is 631 g/mol. The first-order chi connectivity index (χ1) is 21.2. The molecule has 0 aromatic heterocycles. The highest BCUT2D eigenvalue weighted by Crippen LogP contribution is 2.51. The van der Waals surface area contributed by atoms with Gasteiger partial charge >= 0.3 is 6.09 Å². The van der Waals surface area contributed by atoms with Crippen LogP contribution in [0.4, 0.5) is 19.3 Å². The van der Waals surface area contributed by atoms with Crippen molar-refractivity contribution < 1.29 is 27.1 Å². The standard InChI is InChI=1S/C33H44F2N4O4S/c1-43-31(40)36-30-8-3-7-29(30)33(23-37-15-4-16-37,25-5-2-6-26(34)19-25)24-13-17-38(18-14-24)20-32(35)21-39(22-32)27-9-11-28(12-10-27)44(41)42/h2,5-6,9-12,19,24,29-30H,3-4,7-8,13-18,20-23H2,1H3,(H,36,40)(H,41,42)/t29-,30-,33-/m0/s1. The minimum Gasteiger partial charge on any atom is -0.453 e. The predicted molar refractivity (Wildman–Crippen MR) is 166 cm³/mol. The summed E-state index contributed by atoms with van der Waals surface area (Å²) in [5.41, 5.74) is 0.202. The lowest BCUT2D eigenvalue weighted by molar-refractivity contribution is 0.00584. The number of methoxy groups -OCH3 is 1. The summed E-state index contributed by atoms with van der Waals surface area (Å²) in [6.45, 7) is 5.37. The zero-order chi connectivity index (χ0) is 30.9. The summed E-state index contributed by atoms with van der Waals surface area (Å²) in [7, 11) is 1.39. The molecule has 2 aromatic rings. The first-order valence-corrected chi connectivity index (χ1v) is 17.0. The number of nitrogens with one attached hydrogen (secondary N) is 1. The van der Waals surface area contributed by atoms with E-state index in [-0.39, 0.29) is 29.1 Å². The molecule has 3 aliphatic heterocycles. The Balaban J connectivity index is 1.18. The number of anilines is 1. The first-order valence-electron chi connectivity index (χ1n) is 15.9. The summed E-state index contributed by atoms with van der Waals surface area (Å²) < 4.78 is 56.3. The van der Waals surface area contributed by atoms with Crippen LogP contribution in [0.15, 0.2) is 53.4 Å². The molecule has 4 aliphatic rings. The van der Waals surface area contributed by atoms with Gasteiger partial charge in [0.1, 0.15) is 5.82 Å². The first kappa shape index (κ1) is 31.4. The molecule has 44 heavy (non-hydrogen) atoms. The number of rotatable bonds is 10. The zero-order valence-electron chi connectivity index (χ0n) is 25.4. The summed E-state index contributed by atoms with van der Waals surface area (Å²) in [6, 6.07) is 13.8. The number of nitrogens with zero attached hydrogens (tertiary/aromatic N) is 3. The van der Waals surface area contributed by atoms with Crippen LogP contribution in [0.3, 0.4) is 0 Å². The molecule has 1 saturated carbocycles. The zero-order valence-corrected chi connectivity index (χ0v) is 26.2. The van der Waals surface area contributed by atoms with Gasteiger partial charge in [-0.3, -0.25) is 4.90 Å². The van der Waals surface area contributed by atoms with Gasteiger partial charge in [-0.15, -0.1) is 0 Å². The van der Waals surface area contributed by atoms with Crippen LogP contribution in [-0.4, -0.2) is 95.8 Å². The molecule has 1 amide bonds. The van der Waals surface area contributed by atoms with Gasteiger partial charge in [-0.25, -0.2) is 17.8 Å². The Morgan fingerprint density at radius 3 is 2.39 bits per heavy atom. The van der Waals surface area contributed by atoms with Gasteiger partial charge in [0.05, 0.1) is 25.1 Å². The number of alkyl carbamates (subject to hydrolysis) is 1. The molecule has 3 heterocycles. The lowest BCUT2D eigenvalue weighted by Crippen LogP contribution is -2.65. The Bertz CT molecular complexity index is 1330. The SMILES string of the molecule is COC(=O)N[C@H]1CCC[C@@H]1[C@](CN1CCC1)(c1cccc(F)c1)C1CCN(CC2(F)CN(c3ccc(S(=O)O)cc3)C2)CC1. The molecular weight excluding hydrogens is 586 g/mol. The smallest absolute Gasteiger partial charge is 0.407 e. The van der Waals surface area contributed by atoms with Crippen molar-refractivity contribution in [2.45, 2.75) is 60.5 Å². The van der Waals surface area contributed by atoms with Crippen LogP contribution in [0.25, 0.3) is 0 Å². The Labute approximate surface area is 261 Å². The van der Waals surface area contributed by atoms with Crippen LogP contribution in [0.5, 0.6) is 0 Å². The highest BCUT2D eigenvalue weighted by molar-refractivity contribution is 7.79. The number of piperidine rings is 1. The van der Waals surface area contributed by atoms with Crippen LogP contribution < -0.4 is 10.2 Å². The highest BCUT2D eigenvalue weighted by Gasteiger charge is 2.53. The molecule has 0 spiro atoms. The van der Waals surface area contributed by atoms with Crippen LogP contribution >= 0.6 is 0 Å². The van der Waals surface area contributed by atoms with Crippen molar-refractivity contribution in [1.82, 2.24) is 15.1 Å². The van der Waals surface area contributed by atoms with E-state index < -0.39 is 22.8 Å². The fraction of sp³-hybridized carbons (Fsp3) is 0.606. The van der Waals surface area contributed by atoms with Gasteiger partial charge < -0.3 is 24.4 Å². The molecule has 11 heteroatoms. The molecule has 1 unspecified atom stereocenters. The number of alkyl halides is 1. The summed E-state index contributed by atoms with van der Waals surface area (Å²) in [5, 5.41) is 3.13. The number of hydrogen-bond acceptors (Lipinski definition) is 6. The van der Waals surface area contributed by atoms with Gasteiger partial charge in [-0.1, -0.05) is 18.6 Å². The summed E-state index contributed by atoms with van der Waals surface area (Å²) in [4.78, 5) is 19.4. The molecule has 3 saturated heterocycles. The number of ether oxygens (including phenoxy) is 1. The molecule has 4 atom stereocenters. The lowest BCUT2D eigenvalue weighted by Gasteiger charge is -2.54. The third-order valence-corrected chi connectivity index (χ3v) is 11.3. The van der Waals surface area contributed by atoms with Gasteiger partial charge in [-0.2, -0.15) is 0 Å². The van der Waals surface area contributed by atoms with Gasteiger partial charge in [0.25, 0.3) is 0 Å². The van der Waals surface area contributed by atoms with E-state index in [9.17, 15) is 17.9 Å². The molecule has 4 fully saturated rings. The maximum absolute atomic E-state index is 15.9. The number of halogens is 2. The minimum atomic E-state index is -2.03. The Kier molecular flexibility index (Phi) is 9.29. The van der Waals surface area contributed by atoms with Crippen molar-refractivity contribution in [3.8, 4) is 0 Å². The monoisotopic (exact) mass is 630 g/mol. The fourth-order valence-electron chi connectivity index (χ4n) is 8.44. The number of carbonyl (C=O) groups is 1. The van der Waals surface area contributed by atoms with Crippen molar-refractivity contribution in [2.75, 3.05) is 64.4 Å². The molecular formula is C33H44F2N4O4S. The third kappa shape index (κ3) is 6.38. The van der Waals surface area contributed by atoms with Crippen molar-refractivity contribution in [3.63, 3.8) is 0 Å². The Morgan fingerprint density at radius 2 is 1.77 bits per heavy atom. The van der Waals surface area contributed by atoms with E-state index in [0.717, 1.165) is 82.5 Å². The second-order valence-corrected chi connectivity index (χ2v) is 14.2. The molecule has 240 valence electrons. The van der Waals surface area contributed by atoms with Crippen molar-refractivity contribution in [3.05, 3.63) is 59.9 Å². The van der Waals surface area contributed by atoms with E-state index in [2.05, 4.69) is 21.2 Å². The quantitative estimate of drug-likeness (QED) is 0.365. The molecule has 2 N–H and O–H groups in total. The van der Waals surface area contributed by atoms with Crippen molar-refractivity contribution in [2.24, 2.45) is 11.8 Å². The van der Waals surface area contributed by atoms with Crippen LogP contribution in [0, 0.1) is 17.7 Å². The van der Waals surface area contributed by atoms with E-state index in [0.29, 0.717) is 24.5 Å². The normalized spacial score (nSPS) is 26.3. The topological polar surface area (TPSA) is 85.4 Å². The van der Waals surface area contributed by atoms with Gasteiger partial charge in [0.15, 0.2) is 16.7 Å². The number of likely N-dealkylation sites (tertiary alicyclic amines) is 2. The maximum atomic E-state index is 15.9. The van der Waals surface area contributed by atoms with Gasteiger partial charge in [-0.05, 0) is 112 Å². The minimum absolute atomic E-state index is 0.0495. The summed E-state index contributed by atoms with van der Waals surface area (Å²) in [5.74, 6) is 0.162. The molecule has 0 radical (unpaired) electrons. The summed E-state index contributed by atoms with van der Waals surface area (Å²) >= 11 is -2.03. The van der Waals surface area contributed by atoms with E-state index in [1.165, 1.54) is 13.2 Å². The Morgan fingerprint density at radius 1 is 1.05 bits per heavy atom. The lowest BCUT2D eigenvalue weighted by atomic mass is 9.57. The van der Waals surface area contributed by atoms with Crippen LogP contribution in [0.2, 0.25) is 0 Å². The third-order valence-electron chi connectivity index (χ3n) is 10.6. The van der Waals surface area contributed by atoms with Crippen LogP contribution in [-0.2, 0) is 21.2 Å². The van der Waals surface area contributed by atoms with Gasteiger partial charge in [0, 0.05) is 30.2 Å². The van der Waals surface area contributed by atoms with E-state index >= 15 is 4.39 Å². The average Bonchev–Trinajstić information content (AvgIpc) is 3.44. The van der Waals surface area contributed by atoms with Crippen molar-refractivity contribution in [1.29, 1.82) is 0 Å². The fourth-order valence-corrected chi connectivity index (χ4v) is 8.81. The Hall–Kier alpha value is -2.60. The number of hydrogen-bond donors (Lipinski definition) is 2. The molecule has 8 nitrogen and oxygen atoms in total. The van der Waals surface area contributed by atoms with Crippen LogP contribution in [0.1, 0.15) is 44.1 Å². The van der Waals surface area contributed by atoms with E-state index in [4.69, 9.17) is 4.74 Å². The number of amides is 1. The maximum Gasteiger partial charge on any atom is 0.407 e. The number of benzene rings is 2.